The highest BCUT2D eigenvalue weighted by Crippen LogP contribution is 2.41. The van der Waals surface area contributed by atoms with Gasteiger partial charge in [0.05, 0.1) is 17.8 Å². The molecule has 4 atom stereocenters. The molecule has 2 unspecified atom stereocenters. The molecule has 9 heteroatoms. The van der Waals surface area contributed by atoms with Crippen molar-refractivity contribution in [1.82, 2.24) is 20.2 Å². The highest BCUT2D eigenvalue weighted by atomic mass is 19.1. The first-order valence-corrected chi connectivity index (χ1v) is 15.9. The highest BCUT2D eigenvalue weighted by Gasteiger charge is 2.49. The minimum absolute atomic E-state index is 0.240. The Morgan fingerprint density at radius 3 is 2.79 bits per heavy atom. The molecule has 5 aliphatic heterocycles. The predicted octanol–water partition coefficient (Wildman–Crippen LogP) is 4.36. The molecule has 0 spiro atoms. The number of nitrogens with one attached hydrogen (secondary N) is 1. The van der Waals surface area contributed by atoms with Gasteiger partial charge >= 0.3 is 6.01 Å². The van der Waals surface area contributed by atoms with Gasteiger partial charge in [0.1, 0.15) is 24.3 Å². The molecule has 4 fully saturated rings. The Morgan fingerprint density at radius 1 is 1.10 bits per heavy atom. The van der Waals surface area contributed by atoms with Gasteiger partial charge in [-0.1, -0.05) is 25.1 Å². The highest BCUT2D eigenvalue weighted by molar-refractivity contribution is 5.98. The number of rotatable bonds is 6. The van der Waals surface area contributed by atoms with Crippen molar-refractivity contribution in [3.63, 3.8) is 0 Å². The number of piperazine rings is 1. The van der Waals surface area contributed by atoms with Crippen LogP contribution in [0.2, 0.25) is 0 Å². The first-order valence-electron chi connectivity index (χ1n) is 15.9. The first-order chi connectivity index (χ1) is 20.5. The summed E-state index contributed by atoms with van der Waals surface area (Å²) in [6, 6.07) is 11.5. The fourth-order valence-corrected chi connectivity index (χ4v) is 8.55. The first kappa shape index (κ1) is 26.5. The van der Waals surface area contributed by atoms with Crippen LogP contribution in [0.25, 0.3) is 10.8 Å². The van der Waals surface area contributed by atoms with Crippen LogP contribution >= 0.6 is 0 Å². The summed E-state index contributed by atoms with van der Waals surface area (Å²) in [6.07, 6.45) is 5.96. The van der Waals surface area contributed by atoms with Gasteiger partial charge in [0.15, 0.2) is 0 Å². The summed E-state index contributed by atoms with van der Waals surface area (Å²) in [7, 11) is 0. The van der Waals surface area contributed by atoms with Gasteiger partial charge in [0.2, 0.25) is 0 Å². The van der Waals surface area contributed by atoms with Gasteiger partial charge in [-0.15, -0.1) is 0 Å². The lowest BCUT2D eigenvalue weighted by Crippen LogP contribution is -2.52. The lowest BCUT2D eigenvalue weighted by molar-refractivity contribution is 0.107. The van der Waals surface area contributed by atoms with Crippen molar-refractivity contribution in [2.24, 2.45) is 0 Å². The third-order valence-corrected chi connectivity index (χ3v) is 10.5. The maximum absolute atomic E-state index is 14.5. The minimum Gasteiger partial charge on any atom is -0.508 e. The van der Waals surface area contributed by atoms with Crippen molar-refractivity contribution < 1.29 is 14.2 Å². The molecule has 42 heavy (non-hydrogen) atoms. The molecule has 2 N–H and O–H groups in total. The number of halogens is 1. The van der Waals surface area contributed by atoms with E-state index in [-0.39, 0.29) is 11.3 Å². The molecule has 1 aromatic heterocycles. The molecule has 0 amide bonds. The number of aromatic hydroxyl groups is 1. The number of anilines is 2. The Morgan fingerprint density at radius 2 is 1.95 bits per heavy atom. The third kappa shape index (κ3) is 4.47. The molecular weight excluding hydrogens is 531 g/mol. The van der Waals surface area contributed by atoms with E-state index in [0.717, 1.165) is 74.4 Å². The van der Waals surface area contributed by atoms with E-state index < -0.39 is 6.17 Å². The predicted molar refractivity (Wildman–Crippen MR) is 162 cm³/mol. The molecule has 4 saturated heterocycles. The average Bonchev–Trinajstić information content (AvgIpc) is 3.64. The molecule has 0 saturated carbocycles. The smallest absolute Gasteiger partial charge is 0.318 e. The van der Waals surface area contributed by atoms with Crippen LogP contribution in [0.4, 0.5) is 15.9 Å². The molecular formula is C33H41FN6O2. The van der Waals surface area contributed by atoms with Crippen LogP contribution in [0.3, 0.4) is 0 Å². The molecule has 2 bridgehead atoms. The second kappa shape index (κ2) is 10.2. The van der Waals surface area contributed by atoms with Gasteiger partial charge in [-0.25, -0.2) is 4.39 Å². The van der Waals surface area contributed by atoms with Gasteiger partial charge in [-0.3, -0.25) is 4.90 Å². The molecule has 2 aromatic carbocycles. The zero-order valence-electron chi connectivity index (χ0n) is 24.5. The number of alkyl halides is 1. The van der Waals surface area contributed by atoms with Gasteiger partial charge in [0.25, 0.3) is 0 Å². The van der Waals surface area contributed by atoms with Crippen LogP contribution in [0.5, 0.6) is 11.8 Å². The molecule has 5 aliphatic rings. The topological polar surface area (TPSA) is 77.0 Å². The Hall–Kier alpha value is -3.17. The molecule has 8 nitrogen and oxygen atoms in total. The van der Waals surface area contributed by atoms with E-state index in [1.807, 2.05) is 12.1 Å². The number of aromatic nitrogens is 2. The summed E-state index contributed by atoms with van der Waals surface area (Å²) < 4.78 is 20.9. The van der Waals surface area contributed by atoms with Crippen LogP contribution in [-0.4, -0.2) is 83.1 Å². The number of phenols is 1. The lowest BCUT2D eigenvalue weighted by atomic mass is 9.95. The molecule has 0 radical (unpaired) electrons. The SMILES string of the molecule is CCc1cccc2cc(O)cc(N3CCc4c(nc(OCC56CCCN5CC(F)C6)nc4N4C[C@H]5CC[C@@H](C4)N5)C3)c12. The van der Waals surface area contributed by atoms with Gasteiger partial charge in [0, 0.05) is 67.4 Å². The zero-order chi connectivity index (χ0) is 28.4. The monoisotopic (exact) mass is 572 g/mol. The molecule has 222 valence electrons. The van der Waals surface area contributed by atoms with E-state index in [0.29, 0.717) is 44.2 Å². The Bertz CT molecular complexity index is 1510. The summed E-state index contributed by atoms with van der Waals surface area (Å²) in [4.78, 5) is 17.2. The van der Waals surface area contributed by atoms with Crippen molar-refractivity contribution in [2.45, 2.75) is 82.2 Å². The summed E-state index contributed by atoms with van der Waals surface area (Å²) in [5, 5.41) is 16.7. The minimum atomic E-state index is -0.788. The van der Waals surface area contributed by atoms with E-state index in [1.165, 1.54) is 29.4 Å². The second-order valence-corrected chi connectivity index (χ2v) is 13.2. The maximum Gasteiger partial charge on any atom is 0.318 e. The van der Waals surface area contributed by atoms with Gasteiger partial charge in [-0.05, 0) is 62.1 Å². The van der Waals surface area contributed by atoms with E-state index in [2.05, 4.69) is 45.1 Å². The molecule has 8 rings (SSSR count). The van der Waals surface area contributed by atoms with Crippen molar-refractivity contribution >= 4 is 22.3 Å². The van der Waals surface area contributed by atoms with E-state index >= 15 is 0 Å². The molecule has 3 aromatic rings. The number of nitrogens with zero attached hydrogens (tertiary/aromatic N) is 5. The van der Waals surface area contributed by atoms with Crippen LogP contribution in [0, 0.1) is 0 Å². The lowest BCUT2D eigenvalue weighted by Gasteiger charge is -2.38. The normalized spacial score (nSPS) is 28.9. The fourth-order valence-electron chi connectivity index (χ4n) is 8.55. The number of hydrogen-bond acceptors (Lipinski definition) is 8. The Balaban J connectivity index is 1.15. The van der Waals surface area contributed by atoms with E-state index in [9.17, 15) is 9.50 Å². The number of aryl methyl sites for hydroxylation is 1. The van der Waals surface area contributed by atoms with Crippen LogP contribution in [0.1, 0.15) is 55.8 Å². The van der Waals surface area contributed by atoms with E-state index in [4.69, 9.17) is 14.7 Å². The summed E-state index contributed by atoms with van der Waals surface area (Å²) >= 11 is 0. The largest absolute Gasteiger partial charge is 0.508 e. The number of ether oxygens (including phenoxy) is 1. The van der Waals surface area contributed by atoms with Crippen molar-refractivity contribution in [1.29, 1.82) is 0 Å². The average molecular weight is 573 g/mol. The number of hydrogen-bond donors (Lipinski definition) is 2. The standard InChI is InChI=1S/C33H41FN6O2/c1-2-21-5-3-6-22-13-26(41)14-29(30(21)22)38-12-9-27-28(19-38)36-32(37-31(27)39-17-24-7-8-25(18-39)35-24)42-20-33-10-4-11-40(33)16-23(34)15-33/h3,5-6,13-14,23-25,35,41H,2,4,7-12,15-20H2,1H3/t23?,24-,25+,33?. The summed E-state index contributed by atoms with van der Waals surface area (Å²) in [6.45, 7) is 7.41. The van der Waals surface area contributed by atoms with Crippen molar-refractivity contribution in [2.75, 3.05) is 49.1 Å². The number of benzene rings is 2. The van der Waals surface area contributed by atoms with Crippen molar-refractivity contribution in [3.05, 3.63) is 47.2 Å². The number of phenolic OH excluding ortho intramolecular Hbond substituents is 1. The van der Waals surface area contributed by atoms with Crippen molar-refractivity contribution in [3.8, 4) is 11.8 Å². The quantitative estimate of drug-likeness (QED) is 0.452. The Kier molecular flexibility index (Phi) is 6.44. The number of fused-ring (bicyclic) bond motifs is 5. The summed E-state index contributed by atoms with van der Waals surface area (Å²) in [5.41, 5.74) is 4.30. The van der Waals surface area contributed by atoms with Gasteiger partial charge < -0.3 is 25.0 Å². The maximum atomic E-state index is 14.5. The fraction of sp³-hybridized carbons (Fsp3) is 0.576. The second-order valence-electron chi connectivity index (χ2n) is 13.2. The molecule has 6 heterocycles. The molecule has 0 aliphatic carbocycles. The summed E-state index contributed by atoms with van der Waals surface area (Å²) in [5.74, 6) is 1.29. The Labute approximate surface area is 246 Å². The zero-order valence-corrected chi connectivity index (χ0v) is 24.5. The van der Waals surface area contributed by atoms with Gasteiger partial charge in [-0.2, -0.15) is 9.97 Å². The van der Waals surface area contributed by atoms with Crippen LogP contribution < -0.4 is 19.9 Å². The van der Waals surface area contributed by atoms with Crippen LogP contribution in [-0.2, 0) is 19.4 Å². The third-order valence-electron chi connectivity index (χ3n) is 10.5. The van der Waals surface area contributed by atoms with Crippen LogP contribution in [0.15, 0.2) is 30.3 Å². The van der Waals surface area contributed by atoms with E-state index in [1.54, 1.807) is 0 Å².